The van der Waals surface area contributed by atoms with Gasteiger partial charge < -0.3 is 10.0 Å². The summed E-state index contributed by atoms with van der Waals surface area (Å²) in [5, 5.41) is 8.69. The van der Waals surface area contributed by atoms with Crippen molar-refractivity contribution in [2.45, 2.75) is 18.6 Å². The smallest absolute Gasteiger partial charge is 0.407 e. The average molecular weight is 175 g/mol. The number of thioether (sulfide) groups is 1. The molecule has 1 saturated heterocycles. The molecule has 1 N–H and O–H groups in total. The summed E-state index contributed by atoms with van der Waals surface area (Å²) in [6.45, 7) is 5.47. The van der Waals surface area contributed by atoms with Crippen LogP contribution >= 0.6 is 11.8 Å². The van der Waals surface area contributed by atoms with Gasteiger partial charge in [-0.15, -0.1) is 0 Å². The Morgan fingerprint density at radius 2 is 2.27 bits per heavy atom. The molecular weight excluding hydrogens is 162 g/mol. The number of rotatable bonds is 0. The van der Waals surface area contributed by atoms with E-state index in [1.807, 2.05) is 11.8 Å². The van der Waals surface area contributed by atoms with Crippen LogP contribution in [0, 0.1) is 0 Å². The van der Waals surface area contributed by atoms with Crippen LogP contribution in [0.3, 0.4) is 0 Å². The summed E-state index contributed by atoms with van der Waals surface area (Å²) in [6, 6.07) is 0. The highest BCUT2D eigenvalue weighted by Gasteiger charge is 2.29. The van der Waals surface area contributed by atoms with Crippen LogP contribution < -0.4 is 0 Å². The molecule has 0 saturated carbocycles. The molecule has 0 atom stereocenters. The molecule has 64 valence electrons. The first-order valence-electron chi connectivity index (χ1n) is 3.63. The van der Waals surface area contributed by atoms with Crippen LogP contribution in [-0.4, -0.2) is 39.7 Å². The van der Waals surface area contributed by atoms with E-state index in [1.54, 1.807) is 0 Å². The van der Waals surface area contributed by atoms with Crippen molar-refractivity contribution in [2.24, 2.45) is 0 Å². The highest BCUT2D eigenvalue weighted by atomic mass is 32.2. The standard InChI is InChI=1S/C7H13NO2S/c1-7(2)5-8(6(9)10)3-4-11-7/h3-5H2,1-2H3,(H,9,10). The molecule has 4 heteroatoms. The van der Waals surface area contributed by atoms with Gasteiger partial charge in [0.15, 0.2) is 0 Å². The van der Waals surface area contributed by atoms with E-state index >= 15 is 0 Å². The molecule has 0 bridgehead atoms. The zero-order valence-electron chi connectivity index (χ0n) is 6.83. The Morgan fingerprint density at radius 1 is 1.64 bits per heavy atom. The van der Waals surface area contributed by atoms with Gasteiger partial charge >= 0.3 is 6.09 Å². The topological polar surface area (TPSA) is 40.5 Å². The first-order valence-corrected chi connectivity index (χ1v) is 4.62. The van der Waals surface area contributed by atoms with Gasteiger partial charge in [-0.3, -0.25) is 0 Å². The second-order valence-corrected chi connectivity index (χ2v) is 5.11. The predicted molar refractivity (Wildman–Crippen MR) is 46.1 cm³/mol. The van der Waals surface area contributed by atoms with Crippen molar-refractivity contribution in [3.05, 3.63) is 0 Å². The van der Waals surface area contributed by atoms with E-state index < -0.39 is 6.09 Å². The third kappa shape index (κ3) is 2.29. The molecule has 0 aromatic rings. The van der Waals surface area contributed by atoms with E-state index in [0.717, 1.165) is 5.75 Å². The molecule has 3 nitrogen and oxygen atoms in total. The normalized spacial score (nSPS) is 23.3. The van der Waals surface area contributed by atoms with Gasteiger partial charge in [0.2, 0.25) is 0 Å². The second-order valence-electron chi connectivity index (χ2n) is 3.31. The maximum absolute atomic E-state index is 10.6. The Balaban J connectivity index is 2.53. The molecule has 1 aliphatic rings. The first kappa shape index (κ1) is 8.71. The monoisotopic (exact) mass is 175 g/mol. The summed E-state index contributed by atoms with van der Waals surface area (Å²) in [5.74, 6) is 0.916. The summed E-state index contributed by atoms with van der Waals surface area (Å²) in [6.07, 6.45) is -0.793. The van der Waals surface area contributed by atoms with Crippen LogP contribution in [0.25, 0.3) is 0 Å². The summed E-state index contributed by atoms with van der Waals surface area (Å²) in [5.41, 5.74) is 0. The quantitative estimate of drug-likeness (QED) is 0.606. The zero-order valence-corrected chi connectivity index (χ0v) is 7.65. The number of hydrogen-bond donors (Lipinski definition) is 1. The fourth-order valence-electron chi connectivity index (χ4n) is 1.18. The van der Waals surface area contributed by atoms with Crippen molar-refractivity contribution >= 4 is 17.9 Å². The lowest BCUT2D eigenvalue weighted by Gasteiger charge is -2.35. The number of amides is 1. The highest BCUT2D eigenvalue weighted by Crippen LogP contribution is 2.29. The molecule has 0 aromatic carbocycles. The third-order valence-corrected chi connectivity index (χ3v) is 2.99. The number of carbonyl (C=O) groups is 1. The molecule has 11 heavy (non-hydrogen) atoms. The molecular formula is C7H13NO2S. The van der Waals surface area contributed by atoms with Gasteiger partial charge in [0.05, 0.1) is 0 Å². The molecule has 1 amide bonds. The fourth-order valence-corrected chi connectivity index (χ4v) is 2.29. The lowest BCUT2D eigenvalue weighted by atomic mass is 10.2. The van der Waals surface area contributed by atoms with Gasteiger partial charge in [0.25, 0.3) is 0 Å². The fraction of sp³-hybridized carbons (Fsp3) is 0.857. The third-order valence-electron chi connectivity index (χ3n) is 1.70. The van der Waals surface area contributed by atoms with E-state index in [-0.39, 0.29) is 4.75 Å². The van der Waals surface area contributed by atoms with E-state index in [2.05, 4.69) is 13.8 Å². The van der Waals surface area contributed by atoms with Gasteiger partial charge in [-0.25, -0.2) is 4.79 Å². The molecule has 0 radical (unpaired) electrons. The van der Waals surface area contributed by atoms with Crippen LogP contribution in [-0.2, 0) is 0 Å². The average Bonchev–Trinajstić information content (AvgIpc) is 1.85. The van der Waals surface area contributed by atoms with E-state index in [4.69, 9.17) is 5.11 Å². The molecule has 1 aliphatic heterocycles. The minimum absolute atomic E-state index is 0.0939. The Labute approximate surface area is 70.8 Å². The van der Waals surface area contributed by atoms with E-state index in [1.165, 1.54) is 4.90 Å². The van der Waals surface area contributed by atoms with Crippen LogP contribution in [0.2, 0.25) is 0 Å². The van der Waals surface area contributed by atoms with E-state index in [9.17, 15) is 4.79 Å². The molecule has 1 fully saturated rings. The lowest BCUT2D eigenvalue weighted by molar-refractivity contribution is 0.143. The van der Waals surface area contributed by atoms with Crippen LogP contribution in [0.4, 0.5) is 4.79 Å². The summed E-state index contributed by atoms with van der Waals surface area (Å²) in [7, 11) is 0. The molecule has 0 aliphatic carbocycles. The minimum atomic E-state index is -0.793. The van der Waals surface area contributed by atoms with Gasteiger partial charge in [0, 0.05) is 23.6 Å². The van der Waals surface area contributed by atoms with Gasteiger partial charge in [-0.1, -0.05) is 0 Å². The zero-order chi connectivity index (χ0) is 8.48. The molecule has 1 heterocycles. The summed E-state index contributed by atoms with van der Waals surface area (Å²) < 4.78 is 0.0939. The Bertz CT molecular complexity index is 170. The maximum Gasteiger partial charge on any atom is 0.407 e. The van der Waals surface area contributed by atoms with Gasteiger partial charge in [0.1, 0.15) is 0 Å². The van der Waals surface area contributed by atoms with Gasteiger partial charge in [-0.05, 0) is 13.8 Å². The molecule has 0 spiro atoms. The predicted octanol–water partition coefficient (Wildman–Crippen LogP) is 1.49. The van der Waals surface area contributed by atoms with E-state index in [0.29, 0.717) is 13.1 Å². The SMILES string of the molecule is CC1(C)CN(C(=O)O)CCS1. The Morgan fingerprint density at radius 3 is 2.64 bits per heavy atom. The number of carboxylic acid groups (broad SMARTS) is 1. The van der Waals surface area contributed by atoms with Crippen LogP contribution in [0.5, 0.6) is 0 Å². The van der Waals surface area contributed by atoms with Crippen molar-refractivity contribution in [1.29, 1.82) is 0 Å². The first-order chi connectivity index (χ1) is 5.01. The minimum Gasteiger partial charge on any atom is -0.465 e. The Kier molecular flexibility index (Phi) is 2.32. The van der Waals surface area contributed by atoms with Crippen molar-refractivity contribution in [2.75, 3.05) is 18.8 Å². The second kappa shape index (κ2) is 2.93. The van der Waals surface area contributed by atoms with Crippen molar-refractivity contribution < 1.29 is 9.90 Å². The van der Waals surface area contributed by atoms with Crippen LogP contribution in [0.15, 0.2) is 0 Å². The summed E-state index contributed by atoms with van der Waals surface area (Å²) >= 11 is 1.84. The van der Waals surface area contributed by atoms with Crippen molar-refractivity contribution in [1.82, 2.24) is 4.90 Å². The van der Waals surface area contributed by atoms with Crippen molar-refractivity contribution in [3.8, 4) is 0 Å². The molecule has 1 rings (SSSR count). The number of nitrogens with zero attached hydrogens (tertiary/aromatic N) is 1. The lowest BCUT2D eigenvalue weighted by Crippen LogP contribution is -2.45. The highest BCUT2D eigenvalue weighted by molar-refractivity contribution is 8.00. The maximum atomic E-state index is 10.6. The van der Waals surface area contributed by atoms with Crippen LogP contribution in [0.1, 0.15) is 13.8 Å². The molecule has 0 aromatic heterocycles. The molecule has 0 unspecified atom stereocenters. The van der Waals surface area contributed by atoms with Gasteiger partial charge in [-0.2, -0.15) is 11.8 Å². The number of hydrogen-bond acceptors (Lipinski definition) is 2. The Hall–Kier alpha value is -0.380. The largest absolute Gasteiger partial charge is 0.465 e. The summed E-state index contributed by atoms with van der Waals surface area (Å²) in [4.78, 5) is 12.0. The van der Waals surface area contributed by atoms with Crippen molar-refractivity contribution in [3.63, 3.8) is 0 Å².